The number of thioether (sulfide) groups is 1. The molecule has 22 heavy (non-hydrogen) atoms. The lowest BCUT2D eigenvalue weighted by molar-refractivity contribution is -0.116. The van der Waals surface area contributed by atoms with Crippen molar-refractivity contribution < 1.29 is 4.79 Å². The molecule has 1 aliphatic heterocycles. The fourth-order valence-electron chi connectivity index (χ4n) is 2.47. The summed E-state index contributed by atoms with van der Waals surface area (Å²) in [6, 6.07) is 5.67. The number of hydrogen-bond acceptors (Lipinski definition) is 3. The Morgan fingerprint density at radius 2 is 2.27 bits per heavy atom. The van der Waals surface area contributed by atoms with Crippen molar-refractivity contribution in [2.24, 2.45) is 5.92 Å². The number of benzene rings is 1. The molecule has 124 valence electrons. The van der Waals surface area contributed by atoms with Crippen LogP contribution in [0.1, 0.15) is 33.1 Å². The van der Waals surface area contributed by atoms with Crippen LogP contribution < -0.4 is 10.6 Å². The number of anilines is 1. The SMILES string of the molecule is CC(C)Sc1c(Cl)cccc1NC(=O)CCC1CCNC1.Cl. The van der Waals surface area contributed by atoms with Crippen molar-refractivity contribution in [1.82, 2.24) is 5.32 Å². The Balaban J connectivity index is 0.00000242. The van der Waals surface area contributed by atoms with E-state index < -0.39 is 0 Å². The van der Waals surface area contributed by atoms with Crippen molar-refractivity contribution in [2.45, 2.75) is 43.3 Å². The molecular formula is C16H24Cl2N2OS. The molecule has 1 atom stereocenters. The molecule has 1 aliphatic rings. The van der Waals surface area contributed by atoms with Crippen LogP contribution in [-0.2, 0) is 4.79 Å². The van der Waals surface area contributed by atoms with E-state index in [0.29, 0.717) is 22.6 Å². The van der Waals surface area contributed by atoms with Gasteiger partial charge in [0.15, 0.2) is 0 Å². The third-order valence-corrected chi connectivity index (χ3v) is 5.11. The van der Waals surface area contributed by atoms with Crippen LogP contribution >= 0.6 is 35.8 Å². The molecule has 1 saturated heterocycles. The average molecular weight is 363 g/mol. The summed E-state index contributed by atoms with van der Waals surface area (Å²) in [5, 5.41) is 7.47. The summed E-state index contributed by atoms with van der Waals surface area (Å²) >= 11 is 7.94. The molecule has 2 N–H and O–H groups in total. The largest absolute Gasteiger partial charge is 0.325 e. The lowest BCUT2D eigenvalue weighted by atomic mass is 10.0. The third kappa shape index (κ3) is 5.99. The number of hydrogen-bond donors (Lipinski definition) is 2. The van der Waals surface area contributed by atoms with E-state index in [9.17, 15) is 4.79 Å². The van der Waals surface area contributed by atoms with Crippen LogP contribution in [0.2, 0.25) is 5.02 Å². The van der Waals surface area contributed by atoms with Crippen molar-refractivity contribution in [3.8, 4) is 0 Å². The van der Waals surface area contributed by atoms with E-state index in [4.69, 9.17) is 11.6 Å². The first-order valence-electron chi connectivity index (χ1n) is 7.52. The molecule has 1 unspecified atom stereocenters. The first-order chi connectivity index (χ1) is 10.1. The maximum atomic E-state index is 12.1. The van der Waals surface area contributed by atoms with Gasteiger partial charge in [-0.3, -0.25) is 4.79 Å². The lowest BCUT2D eigenvalue weighted by Gasteiger charge is -2.14. The first kappa shape index (κ1) is 19.6. The molecule has 6 heteroatoms. The van der Waals surface area contributed by atoms with Crippen LogP contribution in [0.5, 0.6) is 0 Å². The summed E-state index contributed by atoms with van der Waals surface area (Å²) < 4.78 is 0. The second-order valence-corrected chi connectivity index (χ2v) is 7.72. The van der Waals surface area contributed by atoms with Crippen LogP contribution in [0.3, 0.4) is 0 Å². The molecular weight excluding hydrogens is 339 g/mol. The Morgan fingerprint density at radius 1 is 1.50 bits per heavy atom. The van der Waals surface area contributed by atoms with Gasteiger partial charge in [0, 0.05) is 16.6 Å². The molecule has 0 radical (unpaired) electrons. The molecule has 0 saturated carbocycles. The van der Waals surface area contributed by atoms with Crippen LogP contribution in [0.15, 0.2) is 23.1 Å². The summed E-state index contributed by atoms with van der Waals surface area (Å²) in [7, 11) is 0. The maximum absolute atomic E-state index is 12.1. The molecule has 1 amide bonds. The molecule has 0 aliphatic carbocycles. The Morgan fingerprint density at radius 3 is 2.91 bits per heavy atom. The van der Waals surface area contributed by atoms with Crippen molar-refractivity contribution in [1.29, 1.82) is 0 Å². The second kappa shape index (κ2) is 9.66. The van der Waals surface area contributed by atoms with Crippen molar-refractivity contribution in [2.75, 3.05) is 18.4 Å². The van der Waals surface area contributed by atoms with E-state index in [1.165, 1.54) is 6.42 Å². The van der Waals surface area contributed by atoms with Crippen LogP contribution in [0.4, 0.5) is 5.69 Å². The van der Waals surface area contributed by atoms with Crippen molar-refractivity contribution in [3.05, 3.63) is 23.2 Å². The van der Waals surface area contributed by atoms with Gasteiger partial charge in [-0.1, -0.05) is 31.5 Å². The number of carbonyl (C=O) groups excluding carboxylic acids is 1. The third-order valence-electron chi connectivity index (χ3n) is 3.54. The van der Waals surface area contributed by atoms with Crippen molar-refractivity contribution >= 4 is 47.4 Å². The van der Waals surface area contributed by atoms with E-state index in [2.05, 4.69) is 24.5 Å². The zero-order valence-corrected chi connectivity index (χ0v) is 15.4. The van der Waals surface area contributed by atoms with Gasteiger partial charge in [-0.15, -0.1) is 24.2 Å². The number of halogens is 2. The number of carbonyl (C=O) groups is 1. The monoisotopic (exact) mass is 362 g/mol. The number of rotatable bonds is 6. The minimum Gasteiger partial charge on any atom is -0.325 e. The van der Waals surface area contributed by atoms with Gasteiger partial charge in [0.05, 0.1) is 10.7 Å². The molecule has 0 aromatic heterocycles. The van der Waals surface area contributed by atoms with Gasteiger partial charge < -0.3 is 10.6 Å². The lowest BCUT2D eigenvalue weighted by Crippen LogP contribution is -2.15. The van der Waals surface area contributed by atoms with E-state index in [1.54, 1.807) is 11.8 Å². The summed E-state index contributed by atoms with van der Waals surface area (Å²) in [5.74, 6) is 0.717. The molecule has 3 nitrogen and oxygen atoms in total. The van der Waals surface area contributed by atoms with Gasteiger partial charge in [0.2, 0.25) is 5.91 Å². The summed E-state index contributed by atoms with van der Waals surface area (Å²) in [4.78, 5) is 13.1. The predicted octanol–water partition coefficient (Wildman–Crippen LogP) is 4.59. The number of amides is 1. The highest BCUT2D eigenvalue weighted by atomic mass is 35.5. The number of nitrogens with one attached hydrogen (secondary N) is 2. The fraction of sp³-hybridized carbons (Fsp3) is 0.562. The quantitative estimate of drug-likeness (QED) is 0.727. The molecule has 1 aromatic rings. The molecule has 0 bridgehead atoms. The highest BCUT2D eigenvalue weighted by Crippen LogP contribution is 2.36. The van der Waals surface area contributed by atoms with Gasteiger partial charge in [-0.05, 0) is 44.0 Å². The zero-order valence-electron chi connectivity index (χ0n) is 13.0. The molecule has 1 heterocycles. The minimum atomic E-state index is 0. The van der Waals surface area contributed by atoms with Gasteiger partial charge in [-0.25, -0.2) is 0 Å². The average Bonchev–Trinajstić information content (AvgIpc) is 2.93. The minimum absolute atomic E-state index is 0. The summed E-state index contributed by atoms with van der Waals surface area (Å²) in [6.45, 7) is 6.36. The van der Waals surface area contributed by atoms with Crippen molar-refractivity contribution in [3.63, 3.8) is 0 Å². The molecule has 1 fully saturated rings. The maximum Gasteiger partial charge on any atom is 0.224 e. The second-order valence-electron chi connectivity index (χ2n) is 5.73. The molecule has 0 spiro atoms. The summed E-state index contributed by atoms with van der Waals surface area (Å²) in [5.41, 5.74) is 0.829. The highest BCUT2D eigenvalue weighted by Gasteiger charge is 2.17. The van der Waals surface area contributed by atoms with Gasteiger partial charge >= 0.3 is 0 Å². The standard InChI is InChI=1S/C16H23ClN2OS.ClH/c1-11(2)21-16-13(17)4-3-5-14(16)19-15(20)7-6-12-8-9-18-10-12;/h3-5,11-12,18H,6-10H2,1-2H3,(H,19,20);1H. The topological polar surface area (TPSA) is 41.1 Å². The van der Waals surface area contributed by atoms with Gasteiger partial charge in [0.25, 0.3) is 0 Å². The zero-order chi connectivity index (χ0) is 15.2. The smallest absolute Gasteiger partial charge is 0.224 e. The summed E-state index contributed by atoms with van der Waals surface area (Å²) in [6.07, 6.45) is 2.70. The van der Waals surface area contributed by atoms with E-state index in [-0.39, 0.29) is 18.3 Å². The molecule has 1 aromatic carbocycles. The van der Waals surface area contributed by atoms with E-state index in [1.807, 2.05) is 18.2 Å². The Labute approximate surface area is 148 Å². The van der Waals surface area contributed by atoms with E-state index in [0.717, 1.165) is 30.1 Å². The van der Waals surface area contributed by atoms with Crippen LogP contribution in [0.25, 0.3) is 0 Å². The van der Waals surface area contributed by atoms with Crippen LogP contribution in [0, 0.1) is 5.92 Å². The van der Waals surface area contributed by atoms with Gasteiger partial charge in [0.1, 0.15) is 0 Å². The Bertz CT molecular complexity index is 491. The Kier molecular flexibility index (Phi) is 8.62. The predicted molar refractivity (Wildman–Crippen MR) is 98.5 cm³/mol. The highest BCUT2D eigenvalue weighted by molar-refractivity contribution is 8.00. The Hall–Kier alpha value is -0.420. The molecule has 2 rings (SSSR count). The normalized spacial score (nSPS) is 17.4. The van der Waals surface area contributed by atoms with E-state index >= 15 is 0 Å². The fourth-order valence-corrected chi connectivity index (χ4v) is 3.68. The first-order valence-corrected chi connectivity index (χ1v) is 8.77. The van der Waals surface area contributed by atoms with Crippen LogP contribution in [-0.4, -0.2) is 24.2 Å². The van der Waals surface area contributed by atoms with Gasteiger partial charge in [-0.2, -0.15) is 0 Å².